The van der Waals surface area contributed by atoms with Crippen LogP contribution < -0.4 is 16.2 Å². The number of aromatic nitrogens is 2. The molecule has 32 heavy (non-hydrogen) atoms. The zero-order valence-electron chi connectivity index (χ0n) is 17.6. The highest BCUT2D eigenvalue weighted by atomic mass is 19.1. The molecule has 1 atom stereocenters. The van der Waals surface area contributed by atoms with Gasteiger partial charge in [0, 0.05) is 18.2 Å². The molecule has 2 N–H and O–H groups in total. The van der Waals surface area contributed by atoms with Gasteiger partial charge in [-0.05, 0) is 80.1 Å². The van der Waals surface area contributed by atoms with E-state index in [1.165, 1.54) is 41.2 Å². The molecule has 1 saturated carbocycles. The van der Waals surface area contributed by atoms with E-state index < -0.39 is 5.82 Å². The van der Waals surface area contributed by atoms with Gasteiger partial charge in [-0.3, -0.25) is 9.36 Å². The number of hydrogen-bond acceptors (Lipinski definition) is 5. The number of anilines is 1. The van der Waals surface area contributed by atoms with E-state index >= 15 is 0 Å². The van der Waals surface area contributed by atoms with Crippen LogP contribution in [0.5, 0.6) is 0 Å². The van der Waals surface area contributed by atoms with Crippen LogP contribution in [0.25, 0.3) is 17.1 Å². The van der Waals surface area contributed by atoms with Crippen molar-refractivity contribution < 1.29 is 4.39 Å². The Bertz CT molecular complexity index is 1230. The van der Waals surface area contributed by atoms with E-state index in [4.69, 9.17) is 5.26 Å². The minimum Gasteiger partial charge on any atom is -0.370 e. The molecule has 7 heteroatoms. The molecule has 3 aromatic rings. The van der Waals surface area contributed by atoms with Crippen LogP contribution in [0.3, 0.4) is 0 Å². The van der Waals surface area contributed by atoms with E-state index in [0.717, 1.165) is 19.5 Å². The zero-order chi connectivity index (χ0) is 22.1. The van der Waals surface area contributed by atoms with Crippen molar-refractivity contribution in [3.63, 3.8) is 0 Å². The van der Waals surface area contributed by atoms with Crippen molar-refractivity contribution in [3.05, 3.63) is 75.8 Å². The molecule has 1 aliphatic heterocycles. The summed E-state index contributed by atoms with van der Waals surface area (Å²) in [6, 6.07) is 15.5. The van der Waals surface area contributed by atoms with Crippen molar-refractivity contribution in [3.8, 4) is 23.1 Å². The Kier molecular flexibility index (Phi) is 5.46. The molecular formula is C25H24FN5O. The van der Waals surface area contributed by atoms with Crippen molar-refractivity contribution >= 4 is 5.82 Å². The van der Waals surface area contributed by atoms with E-state index in [-0.39, 0.29) is 11.1 Å². The lowest BCUT2D eigenvalue weighted by Gasteiger charge is -2.16. The van der Waals surface area contributed by atoms with Gasteiger partial charge in [0.2, 0.25) is 0 Å². The van der Waals surface area contributed by atoms with Crippen molar-refractivity contribution in [2.45, 2.75) is 25.2 Å². The molecule has 5 rings (SSSR count). The smallest absolute Gasteiger partial charge is 0.260 e. The molecule has 2 aliphatic rings. The van der Waals surface area contributed by atoms with Gasteiger partial charge >= 0.3 is 0 Å². The molecule has 2 aromatic carbocycles. The van der Waals surface area contributed by atoms with Crippen LogP contribution in [0, 0.1) is 23.1 Å². The van der Waals surface area contributed by atoms with Crippen molar-refractivity contribution in [1.29, 1.82) is 5.26 Å². The summed E-state index contributed by atoms with van der Waals surface area (Å²) in [5, 5.41) is 15.7. The topological polar surface area (TPSA) is 82.7 Å². The van der Waals surface area contributed by atoms with E-state index in [2.05, 4.69) is 15.6 Å². The summed E-state index contributed by atoms with van der Waals surface area (Å²) < 4.78 is 15.9. The maximum Gasteiger partial charge on any atom is 0.260 e. The summed E-state index contributed by atoms with van der Waals surface area (Å²) in [6.45, 7) is 2.64. The van der Waals surface area contributed by atoms with Gasteiger partial charge in [-0.1, -0.05) is 12.1 Å². The fourth-order valence-electron chi connectivity index (χ4n) is 4.21. The first kappa shape index (κ1) is 20.4. The summed E-state index contributed by atoms with van der Waals surface area (Å²) in [5.74, 6) is 1.26. The van der Waals surface area contributed by atoms with E-state index in [9.17, 15) is 9.18 Å². The normalized spacial score (nSPS) is 17.8. The van der Waals surface area contributed by atoms with Gasteiger partial charge in [0.15, 0.2) is 0 Å². The molecule has 1 saturated heterocycles. The lowest BCUT2D eigenvalue weighted by molar-refractivity contribution is 0.614. The first-order chi connectivity index (χ1) is 15.6. The Hall–Kier alpha value is -3.50. The van der Waals surface area contributed by atoms with E-state index in [1.54, 1.807) is 6.07 Å². The fourth-order valence-corrected chi connectivity index (χ4v) is 4.21. The average Bonchev–Trinajstić information content (AvgIpc) is 3.52. The largest absolute Gasteiger partial charge is 0.370 e. The molecule has 162 valence electrons. The van der Waals surface area contributed by atoms with Crippen LogP contribution in [-0.2, 0) is 0 Å². The highest BCUT2D eigenvalue weighted by Gasteiger charge is 2.23. The van der Waals surface area contributed by atoms with Gasteiger partial charge in [-0.15, -0.1) is 0 Å². The highest BCUT2D eigenvalue weighted by Crippen LogP contribution is 2.40. The number of nitrogens with one attached hydrogen (secondary N) is 2. The maximum absolute atomic E-state index is 14.4. The van der Waals surface area contributed by atoms with Gasteiger partial charge in [0.05, 0.1) is 11.3 Å². The number of hydrogen-bond donors (Lipinski definition) is 2. The van der Waals surface area contributed by atoms with Gasteiger partial charge in [-0.25, -0.2) is 9.37 Å². The van der Waals surface area contributed by atoms with Crippen molar-refractivity contribution in [1.82, 2.24) is 14.9 Å². The van der Waals surface area contributed by atoms with Crippen LogP contribution in [0.2, 0.25) is 0 Å². The summed E-state index contributed by atoms with van der Waals surface area (Å²) in [6.07, 6.45) is 3.48. The molecule has 1 aromatic heterocycles. The predicted octanol–water partition coefficient (Wildman–Crippen LogP) is 3.81. The average molecular weight is 429 g/mol. The first-order valence-electron chi connectivity index (χ1n) is 11.0. The molecular weight excluding hydrogens is 405 g/mol. The summed E-state index contributed by atoms with van der Waals surface area (Å²) >= 11 is 0. The maximum atomic E-state index is 14.4. The third-order valence-electron chi connectivity index (χ3n) is 6.20. The third-order valence-corrected chi connectivity index (χ3v) is 6.20. The molecule has 0 bridgehead atoms. The monoisotopic (exact) mass is 429 g/mol. The van der Waals surface area contributed by atoms with E-state index in [1.807, 2.05) is 30.3 Å². The van der Waals surface area contributed by atoms with Crippen molar-refractivity contribution in [2.75, 3.05) is 25.0 Å². The van der Waals surface area contributed by atoms with Crippen LogP contribution in [0.4, 0.5) is 10.2 Å². The highest BCUT2D eigenvalue weighted by molar-refractivity contribution is 5.62. The molecule has 2 heterocycles. The number of rotatable bonds is 6. The molecule has 0 spiro atoms. The Morgan fingerprint density at radius 1 is 1.16 bits per heavy atom. The number of benzene rings is 2. The van der Waals surface area contributed by atoms with Crippen LogP contribution in [0.1, 0.15) is 36.3 Å². The lowest BCUT2D eigenvalue weighted by atomic mass is 10.1. The van der Waals surface area contributed by atoms with Gasteiger partial charge in [0.1, 0.15) is 23.5 Å². The lowest BCUT2D eigenvalue weighted by Crippen LogP contribution is -2.24. The van der Waals surface area contributed by atoms with Crippen LogP contribution in [0.15, 0.2) is 53.3 Å². The molecule has 6 nitrogen and oxygen atoms in total. The zero-order valence-corrected chi connectivity index (χ0v) is 17.6. The molecule has 0 amide bonds. The second-order valence-corrected chi connectivity index (χ2v) is 8.55. The van der Waals surface area contributed by atoms with Crippen LogP contribution >= 0.6 is 0 Å². The van der Waals surface area contributed by atoms with Crippen LogP contribution in [-0.4, -0.2) is 29.2 Å². The molecule has 0 unspecified atom stereocenters. The SMILES string of the molecule is N#Cc1ccc(-c2nc(NC[C@@H]3CCNC3)cc(=O)n2-c2ccc(C3CC3)cc2)cc1F. The molecule has 0 radical (unpaired) electrons. The molecule has 1 aliphatic carbocycles. The Morgan fingerprint density at radius 2 is 1.97 bits per heavy atom. The second kappa shape index (κ2) is 8.56. The fraction of sp³-hybridized carbons (Fsp3) is 0.320. The second-order valence-electron chi connectivity index (χ2n) is 8.55. The predicted molar refractivity (Wildman–Crippen MR) is 121 cm³/mol. The Labute approximate surface area is 185 Å². The minimum atomic E-state index is -0.634. The third kappa shape index (κ3) is 4.14. The summed E-state index contributed by atoms with van der Waals surface area (Å²) in [5.41, 5.74) is 2.10. The Morgan fingerprint density at radius 3 is 2.62 bits per heavy atom. The Balaban J connectivity index is 1.56. The first-order valence-corrected chi connectivity index (χ1v) is 11.0. The number of halogens is 1. The standard InChI is InChI=1S/C25H24FN5O/c26-22-11-19(3-4-20(22)13-27)25-30-23(29-15-16-9-10-28-14-16)12-24(32)31(25)21-7-5-18(6-8-21)17-1-2-17/h3-8,11-12,16-17,28-29H,1-2,9-10,14-15H2/t16-/m1/s1. The van der Waals surface area contributed by atoms with Crippen molar-refractivity contribution in [2.24, 2.45) is 5.92 Å². The summed E-state index contributed by atoms with van der Waals surface area (Å²) in [7, 11) is 0. The number of nitriles is 1. The quantitative estimate of drug-likeness (QED) is 0.623. The van der Waals surface area contributed by atoms with Gasteiger partial charge < -0.3 is 10.6 Å². The van der Waals surface area contributed by atoms with Gasteiger partial charge in [-0.2, -0.15) is 5.26 Å². The minimum absolute atomic E-state index is 0.0422. The number of nitrogens with zero attached hydrogens (tertiary/aromatic N) is 3. The summed E-state index contributed by atoms with van der Waals surface area (Å²) in [4.78, 5) is 17.9. The molecule has 2 fully saturated rings. The van der Waals surface area contributed by atoms with Gasteiger partial charge in [0.25, 0.3) is 5.56 Å². The van der Waals surface area contributed by atoms with E-state index in [0.29, 0.717) is 41.3 Å².